The van der Waals surface area contributed by atoms with Crippen LogP contribution in [0.5, 0.6) is 0 Å². The molecule has 0 aliphatic carbocycles. The zero-order valence-electron chi connectivity index (χ0n) is 14.9. The van der Waals surface area contributed by atoms with E-state index in [4.69, 9.17) is 16.3 Å². The summed E-state index contributed by atoms with van der Waals surface area (Å²) >= 11 is 6.19. The van der Waals surface area contributed by atoms with Crippen molar-refractivity contribution in [1.29, 1.82) is 0 Å². The number of nitrogens with zero attached hydrogens (tertiary/aromatic N) is 1. The van der Waals surface area contributed by atoms with Gasteiger partial charge in [0.05, 0.1) is 6.04 Å². The van der Waals surface area contributed by atoms with Gasteiger partial charge in [-0.1, -0.05) is 23.7 Å². The summed E-state index contributed by atoms with van der Waals surface area (Å²) in [5, 5.41) is 7.19. The smallest absolute Gasteiger partial charge is 0.252 e. The van der Waals surface area contributed by atoms with Crippen molar-refractivity contribution in [2.45, 2.75) is 37.3 Å². The molecule has 0 radical (unpaired) electrons. The van der Waals surface area contributed by atoms with Gasteiger partial charge in [-0.05, 0) is 69.6 Å². The van der Waals surface area contributed by atoms with E-state index in [-0.39, 0.29) is 11.9 Å². The highest BCUT2D eigenvalue weighted by molar-refractivity contribution is 6.30. The zero-order chi connectivity index (χ0) is 17.7. The molecule has 1 amide bonds. The lowest BCUT2D eigenvalue weighted by Gasteiger charge is -2.36. The van der Waals surface area contributed by atoms with Crippen molar-refractivity contribution >= 4 is 17.5 Å². The van der Waals surface area contributed by atoms with E-state index in [0.29, 0.717) is 19.4 Å². The molecule has 2 saturated heterocycles. The van der Waals surface area contributed by atoms with Gasteiger partial charge in [0.2, 0.25) is 0 Å². The van der Waals surface area contributed by atoms with Gasteiger partial charge in [-0.15, -0.1) is 0 Å². The van der Waals surface area contributed by atoms with E-state index in [1.807, 2.05) is 18.2 Å². The average Bonchev–Trinajstić information content (AvgIpc) is 3.17. The molecule has 2 aliphatic heterocycles. The Hall–Kier alpha value is -1.14. The monoisotopic (exact) mass is 365 g/mol. The Morgan fingerprint density at radius 1 is 1.36 bits per heavy atom. The Bertz CT molecular complexity index is 584. The van der Waals surface area contributed by atoms with Crippen LogP contribution >= 0.6 is 11.6 Å². The number of nitrogens with one attached hydrogen (secondary N) is 2. The van der Waals surface area contributed by atoms with Gasteiger partial charge in [-0.2, -0.15) is 0 Å². The number of hydrogen-bond donors (Lipinski definition) is 2. The van der Waals surface area contributed by atoms with E-state index < -0.39 is 5.60 Å². The van der Waals surface area contributed by atoms with Crippen molar-refractivity contribution in [2.75, 3.05) is 39.8 Å². The van der Waals surface area contributed by atoms with Crippen LogP contribution in [0.1, 0.15) is 37.3 Å². The van der Waals surface area contributed by atoms with Crippen molar-refractivity contribution in [3.63, 3.8) is 0 Å². The third-order valence-corrected chi connectivity index (χ3v) is 5.72. The van der Waals surface area contributed by atoms with Gasteiger partial charge in [0.1, 0.15) is 5.60 Å². The van der Waals surface area contributed by atoms with Crippen LogP contribution in [0.15, 0.2) is 24.3 Å². The minimum absolute atomic E-state index is 0.00252. The lowest BCUT2D eigenvalue weighted by molar-refractivity contribution is -0.146. The number of benzene rings is 1. The van der Waals surface area contributed by atoms with Crippen LogP contribution in [0.25, 0.3) is 0 Å². The Morgan fingerprint density at radius 3 is 2.72 bits per heavy atom. The Morgan fingerprint density at radius 2 is 2.08 bits per heavy atom. The van der Waals surface area contributed by atoms with Crippen molar-refractivity contribution in [3.8, 4) is 0 Å². The summed E-state index contributed by atoms with van der Waals surface area (Å²) in [4.78, 5) is 15.3. The Kier molecular flexibility index (Phi) is 6.34. The van der Waals surface area contributed by atoms with Crippen LogP contribution in [-0.2, 0) is 9.53 Å². The number of piperidine rings is 1. The van der Waals surface area contributed by atoms with E-state index in [2.05, 4.69) is 21.6 Å². The summed E-state index contributed by atoms with van der Waals surface area (Å²) in [5.74, 6) is 0.00252. The first-order valence-electron chi connectivity index (χ1n) is 9.18. The number of carbonyl (C=O) groups is 1. The second-order valence-electron chi connectivity index (χ2n) is 6.97. The molecule has 2 aliphatic rings. The van der Waals surface area contributed by atoms with Crippen molar-refractivity contribution in [2.24, 2.45) is 0 Å². The molecule has 0 spiro atoms. The van der Waals surface area contributed by atoms with Crippen LogP contribution in [0, 0.1) is 0 Å². The minimum Gasteiger partial charge on any atom is -0.368 e. The summed E-state index contributed by atoms with van der Waals surface area (Å²) in [6.45, 7) is 4.33. The molecule has 1 unspecified atom stereocenters. The third-order valence-electron chi connectivity index (χ3n) is 5.49. The van der Waals surface area contributed by atoms with Crippen LogP contribution < -0.4 is 10.6 Å². The molecule has 138 valence electrons. The number of likely N-dealkylation sites (tertiary alicyclic amines) is 1. The highest BCUT2D eigenvalue weighted by Gasteiger charge is 2.40. The molecule has 3 rings (SSSR count). The van der Waals surface area contributed by atoms with E-state index in [0.717, 1.165) is 36.8 Å². The number of ether oxygens (including phenoxy) is 1. The number of halogens is 1. The molecule has 0 aromatic heterocycles. The summed E-state index contributed by atoms with van der Waals surface area (Å²) in [7, 11) is 1.64. The molecular weight excluding hydrogens is 338 g/mol. The molecule has 2 heterocycles. The number of carbonyl (C=O) groups excluding carboxylic acids is 1. The van der Waals surface area contributed by atoms with Crippen LogP contribution in [0.2, 0.25) is 5.02 Å². The molecule has 1 atom stereocenters. The maximum atomic E-state index is 12.9. The summed E-state index contributed by atoms with van der Waals surface area (Å²) in [6, 6.07) is 8.12. The molecule has 5 nitrogen and oxygen atoms in total. The normalized spacial score (nSPS) is 21.8. The molecule has 1 aromatic rings. The fourth-order valence-electron chi connectivity index (χ4n) is 3.93. The molecule has 2 N–H and O–H groups in total. The summed E-state index contributed by atoms with van der Waals surface area (Å²) in [5.41, 5.74) is 0.460. The van der Waals surface area contributed by atoms with Gasteiger partial charge in [0.15, 0.2) is 0 Å². The zero-order valence-corrected chi connectivity index (χ0v) is 15.6. The van der Waals surface area contributed by atoms with Gasteiger partial charge in [-0.25, -0.2) is 0 Å². The second-order valence-corrected chi connectivity index (χ2v) is 7.41. The van der Waals surface area contributed by atoms with E-state index in [1.165, 1.54) is 12.8 Å². The fraction of sp³-hybridized carbons (Fsp3) is 0.632. The SMILES string of the molecule is COC1(C(=O)NCC(c2cccc(Cl)c2)N2CCCC2)CCNCC1. The Labute approximate surface area is 155 Å². The third kappa shape index (κ3) is 4.34. The fourth-order valence-corrected chi connectivity index (χ4v) is 4.13. The molecule has 0 bridgehead atoms. The first-order valence-corrected chi connectivity index (χ1v) is 9.56. The quantitative estimate of drug-likeness (QED) is 0.812. The first kappa shape index (κ1) is 18.6. The summed E-state index contributed by atoms with van der Waals surface area (Å²) < 4.78 is 5.64. The van der Waals surface area contributed by atoms with Gasteiger partial charge < -0.3 is 15.4 Å². The van der Waals surface area contributed by atoms with E-state index >= 15 is 0 Å². The molecule has 25 heavy (non-hydrogen) atoms. The number of methoxy groups -OCH3 is 1. The van der Waals surface area contributed by atoms with Crippen molar-refractivity contribution in [3.05, 3.63) is 34.9 Å². The van der Waals surface area contributed by atoms with E-state index in [1.54, 1.807) is 7.11 Å². The van der Waals surface area contributed by atoms with Gasteiger partial charge in [-0.3, -0.25) is 9.69 Å². The summed E-state index contributed by atoms with van der Waals surface area (Å²) in [6.07, 6.45) is 3.83. The predicted molar refractivity (Wildman–Crippen MR) is 99.9 cm³/mol. The van der Waals surface area contributed by atoms with E-state index in [9.17, 15) is 4.79 Å². The average molecular weight is 366 g/mol. The predicted octanol–water partition coefficient (Wildman–Crippen LogP) is 2.36. The lowest BCUT2D eigenvalue weighted by atomic mass is 9.91. The van der Waals surface area contributed by atoms with Crippen molar-refractivity contribution < 1.29 is 9.53 Å². The maximum Gasteiger partial charge on any atom is 0.252 e. The van der Waals surface area contributed by atoms with Gasteiger partial charge >= 0.3 is 0 Å². The van der Waals surface area contributed by atoms with Gasteiger partial charge in [0, 0.05) is 18.7 Å². The van der Waals surface area contributed by atoms with Crippen LogP contribution in [0.4, 0.5) is 0 Å². The second kappa shape index (κ2) is 8.49. The maximum absolute atomic E-state index is 12.9. The first-order chi connectivity index (χ1) is 12.1. The van der Waals surface area contributed by atoms with Crippen molar-refractivity contribution in [1.82, 2.24) is 15.5 Å². The Balaban J connectivity index is 1.71. The molecule has 2 fully saturated rings. The largest absolute Gasteiger partial charge is 0.368 e. The number of rotatable bonds is 6. The number of hydrogen-bond acceptors (Lipinski definition) is 4. The molecule has 1 aromatic carbocycles. The molecule has 0 saturated carbocycles. The molecular formula is C19H28ClN3O2. The topological polar surface area (TPSA) is 53.6 Å². The highest BCUT2D eigenvalue weighted by Crippen LogP contribution is 2.27. The van der Waals surface area contributed by atoms with Crippen LogP contribution in [-0.4, -0.2) is 56.2 Å². The van der Waals surface area contributed by atoms with Gasteiger partial charge in [0.25, 0.3) is 5.91 Å². The minimum atomic E-state index is -0.699. The lowest BCUT2D eigenvalue weighted by Crippen LogP contribution is -2.55. The molecule has 6 heteroatoms. The van der Waals surface area contributed by atoms with Crippen LogP contribution in [0.3, 0.4) is 0 Å². The standard InChI is InChI=1S/C19H28ClN3O2/c1-25-19(7-9-21-10-8-19)18(24)22-14-17(23-11-2-3-12-23)15-5-4-6-16(20)13-15/h4-6,13,17,21H,2-3,7-12,14H2,1H3,(H,22,24). The number of amides is 1. The highest BCUT2D eigenvalue weighted by atomic mass is 35.5.